The Morgan fingerprint density at radius 2 is 1.55 bits per heavy atom. The number of aromatic nitrogens is 1. The molecule has 1 fully saturated rings. The van der Waals surface area contributed by atoms with E-state index in [0.717, 1.165) is 20.8 Å². The Morgan fingerprint density at radius 1 is 0.909 bits per heavy atom. The smallest absolute Gasteiger partial charge is 0.303 e. The molecule has 5 atom stereocenters. The van der Waals surface area contributed by atoms with Gasteiger partial charge in [0.25, 0.3) is 5.91 Å². The second kappa shape index (κ2) is 12.2. The van der Waals surface area contributed by atoms with Crippen molar-refractivity contribution in [2.45, 2.75) is 58.3 Å². The lowest BCUT2D eigenvalue weighted by molar-refractivity contribution is -0.268. The largest absolute Gasteiger partial charge is 0.494 e. The fourth-order valence-electron chi connectivity index (χ4n) is 5.50. The molecule has 5 rings (SSSR count). The number of hydrogen-bond acceptors (Lipinski definition) is 11. The fourth-order valence-corrected chi connectivity index (χ4v) is 5.86. The zero-order chi connectivity index (χ0) is 31.9. The molecule has 1 saturated heterocycles. The van der Waals surface area contributed by atoms with Gasteiger partial charge in [-0.3, -0.25) is 28.5 Å². The summed E-state index contributed by atoms with van der Waals surface area (Å²) in [6.45, 7) is 4.08. The van der Waals surface area contributed by atoms with Crippen LogP contribution in [0.15, 0.2) is 51.9 Å². The topological polar surface area (TPSA) is 169 Å². The number of carbonyl (C=O) groups excluding carboxylic acids is 5. The monoisotopic (exact) mass is 670 g/mol. The van der Waals surface area contributed by atoms with Crippen molar-refractivity contribution in [2.24, 2.45) is 4.99 Å². The maximum atomic E-state index is 13.3. The summed E-state index contributed by atoms with van der Waals surface area (Å²) in [5.41, 5.74) is 0.614. The van der Waals surface area contributed by atoms with Crippen molar-refractivity contribution in [3.05, 3.63) is 63.1 Å². The van der Waals surface area contributed by atoms with E-state index in [1.165, 1.54) is 11.5 Å². The quantitative estimate of drug-likeness (QED) is 0.287. The highest BCUT2D eigenvalue weighted by atomic mass is 79.9. The molecule has 1 aromatic heterocycles. The molecule has 3 aromatic rings. The van der Waals surface area contributed by atoms with Gasteiger partial charge >= 0.3 is 23.9 Å². The van der Waals surface area contributed by atoms with Gasteiger partial charge in [0.2, 0.25) is 5.88 Å². The predicted molar refractivity (Wildman–Crippen MR) is 153 cm³/mol. The Labute approximate surface area is 258 Å². The van der Waals surface area contributed by atoms with E-state index in [4.69, 9.17) is 23.7 Å². The number of amides is 1. The van der Waals surface area contributed by atoms with Crippen LogP contribution in [0.25, 0.3) is 16.5 Å². The van der Waals surface area contributed by atoms with E-state index in [9.17, 15) is 29.1 Å². The molecule has 0 saturated carbocycles. The van der Waals surface area contributed by atoms with Gasteiger partial charge in [0, 0.05) is 42.8 Å². The number of carbonyl (C=O) groups is 5. The minimum atomic E-state index is -1.49. The molecule has 0 bridgehead atoms. The molecular weight excluding hydrogens is 644 g/mol. The highest BCUT2D eigenvalue weighted by Crippen LogP contribution is 2.43. The van der Waals surface area contributed by atoms with Gasteiger partial charge in [-0.05, 0) is 24.3 Å². The van der Waals surface area contributed by atoms with Gasteiger partial charge in [-0.1, -0.05) is 34.1 Å². The van der Waals surface area contributed by atoms with E-state index < -0.39 is 72.9 Å². The highest BCUT2D eigenvalue weighted by molar-refractivity contribution is 9.10. The van der Waals surface area contributed by atoms with Crippen molar-refractivity contribution >= 4 is 62.2 Å². The molecule has 2 aliphatic heterocycles. The standard InChI is InChI=1S/C30H27BrN2O11/c1-13(34)40-12-22-25(41-14(2)35)26(42-15(3)36)27(43-16(4)37)30(44-22)33-21-8-6-5-7-18(21)24(29(33)39)23-19-11-17(31)9-10-20(19)32-28(23)38/h5-11,22,25-27,30,39H,12H2,1-4H3. The Morgan fingerprint density at radius 3 is 2.20 bits per heavy atom. The zero-order valence-electron chi connectivity index (χ0n) is 23.9. The van der Waals surface area contributed by atoms with E-state index >= 15 is 0 Å². The highest BCUT2D eigenvalue weighted by Gasteiger charge is 2.53. The molecule has 1 N–H and O–H groups in total. The second-order valence-corrected chi connectivity index (χ2v) is 11.0. The second-order valence-electron chi connectivity index (χ2n) is 10.1. The van der Waals surface area contributed by atoms with Crippen LogP contribution in [0.5, 0.6) is 5.88 Å². The number of ether oxygens (including phenoxy) is 5. The molecule has 14 heteroatoms. The number of fused-ring (bicyclic) bond motifs is 2. The van der Waals surface area contributed by atoms with Crippen LogP contribution in [0, 0.1) is 0 Å². The number of rotatable bonds is 7. The lowest BCUT2D eigenvalue weighted by Crippen LogP contribution is -2.60. The summed E-state index contributed by atoms with van der Waals surface area (Å²) in [7, 11) is 0. The molecule has 44 heavy (non-hydrogen) atoms. The van der Waals surface area contributed by atoms with E-state index in [2.05, 4.69) is 20.9 Å². The summed E-state index contributed by atoms with van der Waals surface area (Å²) in [5.74, 6) is -4.07. The summed E-state index contributed by atoms with van der Waals surface area (Å²) in [6, 6.07) is 11.8. The SMILES string of the molecule is CC(=O)OCC1OC(n2c(O)c(C3=c4cc(Br)ccc4=NC3=O)c3ccccc32)C(OC(C)=O)C(OC(C)=O)C1OC(C)=O. The van der Waals surface area contributed by atoms with Crippen molar-refractivity contribution in [3.8, 4) is 5.88 Å². The van der Waals surface area contributed by atoms with E-state index in [0.29, 0.717) is 26.0 Å². The van der Waals surface area contributed by atoms with Gasteiger partial charge in [0.1, 0.15) is 12.7 Å². The minimum Gasteiger partial charge on any atom is -0.494 e. The van der Waals surface area contributed by atoms with Crippen molar-refractivity contribution in [3.63, 3.8) is 0 Å². The maximum absolute atomic E-state index is 13.3. The molecule has 1 amide bonds. The van der Waals surface area contributed by atoms with Crippen LogP contribution in [0.1, 0.15) is 39.5 Å². The summed E-state index contributed by atoms with van der Waals surface area (Å²) < 4.78 is 30.1. The zero-order valence-corrected chi connectivity index (χ0v) is 25.5. The van der Waals surface area contributed by atoms with Gasteiger partial charge in [-0.2, -0.15) is 0 Å². The normalized spacial score (nSPS) is 22.6. The third-order valence-corrected chi connectivity index (χ3v) is 7.51. The van der Waals surface area contributed by atoms with Gasteiger partial charge in [0.15, 0.2) is 24.5 Å². The van der Waals surface area contributed by atoms with Gasteiger partial charge in [0.05, 0.1) is 22.0 Å². The van der Waals surface area contributed by atoms with Gasteiger partial charge < -0.3 is 28.8 Å². The first kappa shape index (κ1) is 30.9. The Bertz CT molecular complexity index is 1830. The number of nitrogens with zero attached hydrogens (tertiary/aromatic N) is 2. The van der Waals surface area contributed by atoms with Crippen molar-refractivity contribution in [1.29, 1.82) is 0 Å². The van der Waals surface area contributed by atoms with Crippen LogP contribution in [0.2, 0.25) is 0 Å². The summed E-state index contributed by atoms with van der Waals surface area (Å²) >= 11 is 3.42. The predicted octanol–water partition coefficient (Wildman–Crippen LogP) is 1.72. The average molecular weight is 671 g/mol. The first-order chi connectivity index (χ1) is 20.9. The van der Waals surface area contributed by atoms with E-state index in [1.54, 1.807) is 42.5 Å². The van der Waals surface area contributed by atoms with Crippen LogP contribution in [-0.2, 0) is 47.7 Å². The number of benzene rings is 2. The van der Waals surface area contributed by atoms with Crippen LogP contribution in [0.3, 0.4) is 0 Å². The maximum Gasteiger partial charge on any atom is 0.303 e. The molecular formula is C30H27BrN2O11. The molecule has 2 aromatic carbocycles. The summed E-state index contributed by atoms with van der Waals surface area (Å²) in [6.07, 6.45) is -7.02. The van der Waals surface area contributed by atoms with Crippen molar-refractivity contribution < 1.29 is 52.8 Å². The average Bonchev–Trinajstić information content (AvgIpc) is 3.40. The van der Waals surface area contributed by atoms with Crippen LogP contribution < -0.4 is 10.6 Å². The first-order valence-electron chi connectivity index (χ1n) is 13.4. The van der Waals surface area contributed by atoms with Crippen molar-refractivity contribution in [1.82, 2.24) is 4.57 Å². The van der Waals surface area contributed by atoms with Gasteiger partial charge in [-0.15, -0.1) is 0 Å². The summed E-state index contributed by atoms with van der Waals surface area (Å²) in [4.78, 5) is 65.9. The first-order valence-corrected chi connectivity index (χ1v) is 14.2. The summed E-state index contributed by atoms with van der Waals surface area (Å²) in [5, 5.41) is 13.2. The third kappa shape index (κ3) is 5.82. The third-order valence-electron chi connectivity index (χ3n) is 7.02. The Kier molecular flexibility index (Phi) is 8.57. The fraction of sp³-hybridized carbons (Fsp3) is 0.333. The van der Waals surface area contributed by atoms with Crippen molar-refractivity contribution in [2.75, 3.05) is 6.61 Å². The molecule has 230 valence electrons. The molecule has 3 heterocycles. The number of halogens is 1. The number of hydrogen-bond donors (Lipinski definition) is 1. The van der Waals surface area contributed by atoms with Gasteiger partial charge in [-0.25, -0.2) is 4.99 Å². The van der Waals surface area contributed by atoms with E-state index in [-0.39, 0.29) is 11.1 Å². The molecule has 13 nitrogen and oxygen atoms in total. The lowest BCUT2D eigenvalue weighted by Gasteiger charge is -2.45. The Balaban J connectivity index is 1.77. The Hall–Kier alpha value is -4.56. The molecule has 2 aliphatic rings. The lowest BCUT2D eigenvalue weighted by atomic mass is 9.97. The molecule has 0 aliphatic carbocycles. The van der Waals surface area contributed by atoms with E-state index in [1.807, 2.05) is 0 Å². The number of esters is 4. The molecule has 0 radical (unpaired) electrons. The van der Waals surface area contributed by atoms with Crippen LogP contribution in [-0.4, -0.2) is 70.5 Å². The van der Waals surface area contributed by atoms with Crippen LogP contribution >= 0.6 is 15.9 Å². The molecule has 5 unspecified atom stereocenters. The van der Waals surface area contributed by atoms with Crippen LogP contribution in [0.4, 0.5) is 0 Å². The number of aromatic hydroxyl groups is 1. The minimum absolute atomic E-state index is 0.124. The molecule has 0 spiro atoms. The number of para-hydroxylation sites is 1.